The van der Waals surface area contributed by atoms with Gasteiger partial charge in [-0.1, -0.05) is 6.92 Å². The molecule has 1 fully saturated rings. The van der Waals surface area contributed by atoms with Gasteiger partial charge in [0.05, 0.1) is 19.5 Å². The number of ether oxygens (including phenoxy) is 2. The van der Waals surface area contributed by atoms with Crippen LogP contribution in [0.3, 0.4) is 0 Å². The van der Waals surface area contributed by atoms with E-state index < -0.39 is 0 Å². The normalized spacial score (nSPS) is 27.1. The predicted octanol–water partition coefficient (Wildman–Crippen LogP) is 3.13. The predicted molar refractivity (Wildman–Crippen MR) is 58.2 cm³/mol. The van der Waals surface area contributed by atoms with Crippen molar-refractivity contribution in [1.29, 1.82) is 0 Å². The van der Waals surface area contributed by atoms with Gasteiger partial charge in [-0.25, -0.2) is 0 Å². The van der Waals surface area contributed by atoms with Gasteiger partial charge in [-0.2, -0.15) is 0 Å². The Labute approximate surface area is 87.3 Å². The molecule has 0 bridgehead atoms. The van der Waals surface area contributed by atoms with Crippen molar-refractivity contribution in [3.8, 4) is 0 Å². The molecule has 0 amide bonds. The molecule has 1 atom stereocenters. The molecular weight excluding hydrogens is 176 g/mol. The van der Waals surface area contributed by atoms with Crippen LogP contribution in [0.2, 0.25) is 0 Å². The van der Waals surface area contributed by atoms with E-state index in [2.05, 4.69) is 6.92 Å². The van der Waals surface area contributed by atoms with Gasteiger partial charge in [0.25, 0.3) is 0 Å². The van der Waals surface area contributed by atoms with Gasteiger partial charge in [-0.15, -0.1) is 0 Å². The number of hydrogen-bond acceptors (Lipinski definition) is 2. The molecule has 1 unspecified atom stereocenters. The van der Waals surface area contributed by atoms with Crippen molar-refractivity contribution >= 4 is 0 Å². The van der Waals surface area contributed by atoms with E-state index in [0.29, 0.717) is 5.41 Å². The minimum absolute atomic E-state index is 0.341. The van der Waals surface area contributed by atoms with Crippen LogP contribution >= 0.6 is 0 Å². The standard InChI is InChI=1S/C12H22O2/c1-11(2)9-13-8-6-12(3)5-4-7-14-10-12/h9H,4-8,10H2,1-3H3. The third-order valence-electron chi connectivity index (χ3n) is 2.66. The van der Waals surface area contributed by atoms with Gasteiger partial charge in [-0.05, 0) is 44.1 Å². The maximum absolute atomic E-state index is 5.49. The van der Waals surface area contributed by atoms with Gasteiger partial charge in [0.15, 0.2) is 0 Å². The lowest BCUT2D eigenvalue weighted by molar-refractivity contribution is -0.0109. The highest BCUT2D eigenvalue weighted by Crippen LogP contribution is 2.31. The summed E-state index contributed by atoms with van der Waals surface area (Å²) in [6.07, 6.45) is 5.40. The van der Waals surface area contributed by atoms with Crippen molar-refractivity contribution in [2.75, 3.05) is 19.8 Å². The second kappa shape index (κ2) is 5.40. The molecule has 1 aliphatic heterocycles. The molecule has 0 aromatic carbocycles. The molecule has 1 rings (SSSR count). The SMILES string of the molecule is CC(C)=COCCC1(C)CCCOC1. The summed E-state index contributed by atoms with van der Waals surface area (Å²) in [5.41, 5.74) is 1.56. The Hall–Kier alpha value is -0.500. The molecule has 1 heterocycles. The van der Waals surface area contributed by atoms with Gasteiger partial charge in [0, 0.05) is 6.61 Å². The second-order valence-electron chi connectivity index (χ2n) is 4.78. The zero-order valence-electron chi connectivity index (χ0n) is 9.64. The molecule has 2 heteroatoms. The third-order valence-corrected chi connectivity index (χ3v) is 2.66. The van der Waals surface area contributed by atoms with Gasteiger partial charge in [0.2, 0.25) is 0 Å². The zero-order valence-corrected chi connectivity index (χ0v) is 9.64. The van der Waals surface area contributed by atoms with Crippen LogP contribution < -0.4 is 0 Å². The summed E-state index contributed by atoms with van der Waals surface area (Å²) < 4.78 is 10.9. The van der Waals surface area contributed by atoms with E-state index in [-0.39, 0.29) is 0 Å². The first-order valence-corrected chi connectivity index (χ1v) is 5.45. The molecule has 0 saturated carbocycles. The highest BCUT2D eigenvalue weighted by molar-refractivity contribution is 4.86. The van der Waals surface area contributed by atoms with Crippen LogP contribution in [-0.2, 0) is 9.47 Å². The van der Waals surface area contributed by atoms with Crippen LogP contribution in [0.25, 0.3) is 0 Å². The summed E-state index contributed by atoms with van der Waals surface area (Å²) in [6, 6.07) is 0. The van der Waals surface area contributed by atoms with E-state index in [9.17, 15) is 0 Å². The second-order valence-corrected chi connectivity index (χ2v) is 4.78. The van der Waals surface area contributed by atoms with E-state index in [1.54, 1.807) is 0 Å². The lowest BCUT2D eigenvalue weighted by atomic mass is 9.82. The molecule has 2 nitrogen and oxygen atoms in total. The summed E-state index contributed by atoms with van der Waals surface area (Å²) in [7, 11) is 0. The maximum atomic E-state index is 5.49. The fourth-order valence-corrected chi connectivity index (χ4v) is 1.72. The van der Waals surface area contributed by atoms with E-state index in [4.69, 9.17) is 9.47 Å². The van der Waals surface area contributed by atoms with E-state index in [1.165, 1.54) is 18.4 Å². The van der Waals surface area contributed by atoms with Crippen molar-refractivity contribution in [3.63, 3.8) is 0 Å². The van der Waals surface area contributed by atoms with Crippen molar-refractivity contribution < 1.29 is 9.47 Å². The molecule has 0 spiro atoms. The minimum atomic E-state index is 0.341. The Balaban J connectivity index is 2.19. The Morgan fingerprint density at radius 1 is 1.50 bits per heavy atom. The first-order valence-electron chi connectivity index (χ1n) is 5.45. The summed E-state index contributed by atoms with van der Waals surface area (Å²) in [5.74, 6) is 0. The monoisotopic (exact) mass is 198 g/mol. The average Bonchev–Trinajstić information content (AvgIpc) is 2.14. The topological polar surface area (TPSA) is 18.5 Å². The van der Waals surface area contributed by atoms with Crippen LogP contribution in [0, 0.1) is 5.41 Å². The van der Waals surface area contributed by atoms with Crippen molar-refractivity contribution in [3.05, 3.63) is 11.8 Å². The molecule has 0 aliphatic carbocycles. The molecule has 14 heavy (non-hydrogen) atoms. The molecule has 0 aromatic rings. The fourth-order valence-electron chi connectivity index (χ4n) is 1.72. The van der Waals surface area contributed by atoms with Crippen LogP contribution in [-0.4, -0.2) is 19.8 Å². The maximum Gasteiger partial charge on any atom is 0.0879 e. The van der Waals surface area contributed by atoms with Gasteiger partial charge >= 0.3 is 0 Å². The first kappa shape index (κ1) is 11.6. The average molecular weight is 198 g/mol. The van der Waals surface area contributed by atoms with Crippen LogP contribution in [0.4, 0.5) is 0 Å². The third kappa shape index (κ3) is 4.14. The summed E-state index contributed by atoms with van der Waals surface area (Å²) >= 11 is 0. The number of hydrogen-bond donors (Lipinski definition) is 0. The van der Waals surface area contributed by atoms with Crippen LogP contribution in [0.15, 0.2) is 11.8 Å². The van der Waals surface area contributed by atoms with Gasteiger partial charge < -0.3 is 9.47 Å². The lowest BCUT2D eigenvalue weighted by Crippen LogP contribution is -2.29. The highest BCUT2D eigenvalue weighted by atomic mass is 16.5. The minimum Gasteiger partial charge on any atom is -0.501 e. The summed E-state index contributed by atoms with van der Waals surface area (Å²) in [4.78, 5) is 0. The Kier molecular flexibility index (Phi) is 4.46. The molecule has 1 aliphatic rings. The first-order chi connectivity index (χ1) is 6.62. The summed E-state index contributed by atoms with van der Waals surface area (Å²) in [5, 5.41) is 0. The summed E-state index contributed by atoms with van der Waals surface area (Å²) in [6.45, 7) is 9.02. The molecule has 0 N–H and O–H groups in total. The van der Waals surface area contributed by atoms with E-state index >= 15 is 0 Å². The van der Waals surface area contributed by atoms with Gasteiger partial charge in [-0.3, -0.25) is 0 Å². The quantitative estimate of drug-likeness (QED) is 0.510. The lowest BCUT2D eigenvalue weighted by Gasteiger charge is -2.33. The fraction of sp³-hybridized carbons (Fsp3) is 0.833. The van der Waals surface area contributed by atoms with Crippen molar-refractivity contribution in [2.45, 2.75) is 40.0 Å². The van der Waals surface area contributed by atoms with E-state index in [1.807, 2.05) is 20.1 Å². The molecule has 82 valence electrons. The zero-order chi connectivity index (χ0) is 10.4. The smallest absolute Gasteiger partial charge is 0.0879 e. The van der Waals surface area contributed by atoms with Crippen molar-refractivity contribution in [1.82, 2.24) is 0 Å². The van der Waals surface area contributed by atoms with Crippen molar-refractivity contribution in [2.24, 2.45) is 5.41 Å². The molecule has 0 aromatic heterocycles. The van der Waals surface area contributed by atoms with Crippen LogP contribution in [0.1, 0.15) is 40.0 Å². The Morgan fingerprint density at radius 3 is 2.86 bits per heavy atom. The number of allylic oxidation sites excluding steroid dienone is 1. The van der Waals surface area contributed by atoms with Crippen LogP contribution in [0.5, 0.6) is 0 Å². The largest absolute Gasteiger partial charge is 0.501 e. The van der Waals surface area contributed by atoms with E-state index in [0.717, 1.165) is 26.2 Å². The Morgan fingerprint density at radius 2 is 2.29 bits per heavy atom. The molecule has 0 radical (unpaired) electrons. The number of rotatable bonds is 4. The molecule has 1 saturated heterocycles. The molecular formula is C12H22O2. The Bertz CT molecular complexity index is 186. The highest BCUT2D eigenvalue weighted by Gasteiger charge is 2.27. The van der Waals surface area contributed by atoms with Gasteiger partial charge in [0.1, 0.15) is 0 Å².